The second-order valence-electron chi connectivity index (χ2n) is 18.4. The van der Waals surface area contributed by atoms with Gasteiger partial charge in [-0.05, 0) is 73.1 Å². The van der Waals surface area contributed by atoms with E-state index in [1.807, 2.05) is 79.7 Å². The molecule has 0 fully saturated rings. The van der Waals surface area contributed by atoms with Gasteiger partial charge in [0, 0.05) is 35.5 Å². The minimum absolute atomic E-state index is 0.000359. The van der Waals surface area contributed by atoms with E-state index in [9.17, 15) is 43.5 Å². The normalized spacial score (nSPS) is 16.4. The van der Waals surface area contributed by atoms with E-state index in [1.54, 1.807) is 22.5 Å². The van der Waals surface area contributed by atoms with Crippen molar-refractivity contribution in [2.75, 3.05) is 26.2 Å². The number of primary amides is 1. The van der Waals surface area contributed by atoms with Crippen LogP contribution < -0.4 is 32.6 Å². The molecule has 0 unspecified atom stereocenters. The second kappa shape index (κ2) is 21.2. The van der Waals surface area contributed by atoms with Gasteiger partial charge in [-0.15, -0.1) is 0 Å². The van der Waals surface area contributed by atoms with Crippen LogP contribution in [0.5, 0.6) is 0 Å². The summed E-state index contributed by atoms with van der Waals surface area (Å²) in [5.74, 6) is -4.78. The van der Waals surface area contributed by atoms with Crippen molar-refractivity contribution in [1.29, 1.82) is 0 Å². The molecule has 0 spiro atoms. The molecule has 4 atom stereocenters. The van der Waals surface area contributed by atoms with Crippen molar-refractivity contribution in [1.82, 2.24) is 35.7 Å². The zero-order valence-electron chi connectivity index (χ0n) is 40.5. The van der Waals surface area contributed by atoms with E-state index in [0.717, 1.165) is 45.2 Å². The minimum Gasteiger partial charge on any atom is -0.458 e. The molecule has 2 aliphatic heterocycles. The Morgan fingerprint density at radius 2 is 1.53 bits per heavy atom. The summed E-state index contributed by atoms with van der Waals surface area (Å²) >= 11 is 0. The van der Waals surface area contributed by atoms with E-state index in [1.165, 1.54) is 13.8 Å². The fourth-order valence-electron chi connectivity index (χ4n) is 9.75. The molecule has 19 heteroatoms. The third kappa shape index (κ3) is 10.0. The molecule has 5 aromatic rings. The fourth-order valence-corrected chi connectivity index (χ4v) is 9.75. The first-order valence-electron chi connectivity index (χ1n) is 24.2. The molecule has 72 heavy (non-hydrogen) atoms. The number of fused-ring (bicyclic) bond motifs is 8. The lowest BCUT2D eigenvalue weighted by Crippen LogP contribution is -2.56. The molecule has 376 valence electrons. The summed E-state index contributed by atoms with van der Waals surface area (Å²) in [6.07, 6.45) is 0.294. The zero-order chi connectivity index (χ0) is 51.4. The number of rotatable bonds is 19. The van der Waals surface area contributed by atoms with Crippen LogP contribution in [0.2, 0.25) is 0 Å². The number of unbranched alkanes of at least 4 members (excludes halogenated alkanes) is 1. The largest absolute Gasteiger partial charge is 0.458 e. The number of nitrogens with two attached hydrogens (primary N) is 1. The Morgan fingerprint density at radius 3 is 2.21 bits per heavy atom. The molecule has 0 radical (unpaired) electrons. The quantitative estimate of drug-likeness (QED) is 0.0640. The van der Waals surface area contributed by atoms with E-state index >= 15 is 0 Å². The molecule has 0 saturated heterocycles. The Bertz CT molecular complexity index is 3020. The van der Waals surface area contributed by atoms with E-state index < -0.39 is 83.8 Å². The number of aromatic nitrogens is 2. The molecule has 3 aliphatic rings. The van der Waals surface area contributed by atoms with Crippen LogP contribution in [0.4, 0.5) is 4.79 Å². The van der Waals surface area contributed by atoms with E-state index in [0.29, 0.717) is 36.3 Å². The van der Waals surface area contributed by atoms with E-state index in [-0.39, 0.29) is 49.8 Å². The highest BCUT2D eigenvalue weighted by Crippen LogP contribution is 2.45. The Morgan fingerprint density at radius 1 is 0.875 bits per heavy atom. The van der Waals surface area contributed by atoms with Crippen LogP contribution in [0.25, 0.3) is 33.4 Å². The van der Waals surface area contributed by atoms with Gasteiger partial charge in [-0.1, -0.05) is 87.0 Å². The molecule has 19 nitrogen and oxygen atoms in total. The number of hydrogen-bond donors (Lipinski definition) is 6. The number of hydrogen-bond acceptors (Lipinski definition) is 12. The summed E-state index contributed by atoms with van der Waals surface area (Å²) < 4.78 is 12.4. The Labute approximate surface area is 414 Å². The maximum absolute atomic E-state index is 14.0. The highest BCUT2D eigenvalue weighted by molar-refractivity contribution is 5.96. The number of carbonyl (C=O) groups excluding carboxylic acids is 7. The molecular formula is C53H58N8O11. The van der Waals surface area contributed by atoms with Crippen LogP contribution in [-0.2, 0) is 63.4 Å². The van der Waals surface area contributed by atoms with E-state index in [2.05, 4.69) is 21.3 Å². The Hall–Kier alpha value is -7.93. The van der Waals surface area contributed by atoms with Crippen LogP contribution in [0.3, 0.4) is 0 Å². The summed E-state index contributed by atoms with van der Waals surface area (Å²) in [5.41, 5.74) is 10.9. The number of carbonyl (C=O) groups is 7. The van der Waals surface area contributed by atoms with Crippen molar-refractivity contribution in [2.45, 2.75) is 103 Å². The standard InChI is InChI=1S/C53H58N8O11/c1-5-7-21-60(22-20-35-36-18-12-13-19-41(36)58-46-37(35)26-61-43(46)23-40-39(50(61)67)28-71-51(68)53(40,70)6-2)45(63)25-55-49(66)42(24-44(54)62)59-48(65)29(3)56-47(64)30(4)57-52(69)72-27-38-33-16-10-8-14-31(33)32-15-9-11-17-34(32)38/h8-19,23,29-30,38,42,70H,5-7,20-22,24-28H2,1-4H3,(H2,54,62)(H,55,66)(H,56,64)(H,57,69)(H,59,65)/t29-,30-,42-,53-/m0/s1. The summed E-state index contributed by atoms with van der Waals surface area (Å²) in [4.78, 5) is 112. The maximum atomic E-state index is 14.0. The van der Waals surface area contributed by atoms with Crippen LogP contribution in [0, 0.1) is 0 Å². The van der Waals surface area contributed by atoms with Gasteiger partial charge in [0.05, 0.1) is 42.0 Å². The lowest BCUT2D eigenvalue weighted by Gasteiger charge is -2.31. The summed E-state index contributed by atoms with van der Waals surface area (Å²) in [6, 6.07) is 21.0. The number of ether oxygens (including phenoxy) is 2. The zero-order valence-corrected chi connectivity index (χ0v) is 40.5. The molecule has 8 rings (SSSR count). The lowest BCUT2D eigenvalue weighted by molar-refractivity contribution is -0.172. The summed E-state index contributed by atoms with van der Waals surface area (Å²) in [7, 11) is 0. The van der Waals surface area contributed by atoms with Crippen molar-refractivity contribution in [2.24, 2.45) is 5.73 Å². The first-order chi connectivity index (χ1) is 34.5. The number of nitrogens with zero attached hydrogens (tertiary/aromatic N) is 3. The molecule has 4 heterocycles. The van der Waals surface area contributed by atoms with Gasteiger partial charge in [-0.25, -0.2) is 14.6 Å². The Balaban J connectivity index is 0.880. The SMILES string of the molecule is CCCCN(CCc1c2c(nc3ccccc13)-c1cc3c(c(=O)n1C2)COC(=O)[C@]3(O)CC)C(=O)CNC(=O)[C@H](CC(N)=O)NC(=O)[C@H](C)NC(=O)[C@H](C)NC(=O)OCC1c2ccccc2-c2ccccc21. The monoisotopic (exact) mass is 982 g/mol. The number of alkyl carbamates (subject to hydrolysis) is 1. The number of amides is 6. The van der Waals surface area contributed by atoms with Gasteiger partial charge in [0.2, 0.25) is 29.5 Å². The molecule has 3 aromatic carbocycles. The van der Waals surface area contributed by atoms with Gasteiger partial charge in [0.15, 0.2) is 5.60 Å². The van der Waals surface area contributed by atoms with Gasteiger partial charge in [-0.2, -0.15) is 0 Å². The topological polar surface area (TPSA) is 270 Å². The first kappa shape index (κ1) is 50.5. The van der Waals surface area contributed by atoms with Crippen molar-refractivity contribution in [3.63, 3.8) is 0 Å². The van der Waals surface area contributed by atoms with Gasteiger partial charge in [-0.3, -0.25) is 28.8 Å². The van der Waals surface area contributed by atoms with Gasteiger partial charge < -0.3 is 51.0 Å². The van der Waals surface area contributed by atoms with Crippen LogP contribution in [0.15, 0.2) is 83.7 Å². The average molecular weight is 983 g/mol. The molecule has 6 amide bonds. The third-order valence-electron chi connectivity index (χ3n) is 13.8. The first-order valence-corrected chi connectivity index (χ1v) is 24.2. The number of cyclic esters (lactones) is 1. The average Bonchev–Trinajstić information content (AvgIpc) is 3.90. The van der Waals surface area contributed by atoms with Crippen molar-refractivity contribution in [3.05, 3.63) is 123 Å². The number of benzene rings is 3. The molecule has 1 aliphatic carbocycles. The Kier molecular flexibility index (Phi) is 14.9. The third-order valence-corrected chi connectivity index (χ3v) is 13.8. The maximum Gasteiger partial charge on any atom is 0.407 e. The van der Waals surface area contributed by atoms with E-state index in [4.69, 9.17) is 20.2 Å². The van der Waals surface area contributed by atoms with Gasteiger partial charge >= 0.3 is 12.1 Å². The second-order valence-corrected chi connectivity index (χ2v) is 18.4. The summed E-state index contributed by atoms with van der Waals surface area (Å²) in [6.45, 7) is 6.38. The molecule has 0 bridgehead atoms. The number of aliphatic hydroxyl groups is 1. The van der Waals surface area contributed by atoms with Crippen LogP contribution in [0.1, 0.15) is 92.7 Å². The smallest absolute Gasteiger partial charge is 0.407 e. The minimum atomic E-state index is -1.99. The molecule has 7 N–H and O–H groups in total. The number of para-hydroxylation sites is 1. The van der Waals surface area contributed by atoms with Crippen LogP contribution >= 0.6 is 0 Å². The van der Waals surface area contributed by atoms with Crippen molar-refractivity contribution >= 4 is 52.5 Å². The van der Waals surface area contributed by atoms with Crippen LogP contribution in [-0.4, -0.2) is 106 Å². The predicted octanol–water partition coefficient (Wildman–Crippen LogP) is 3.16. The highest BCUT2D eigenvalue weighted by Gasteiger charge is 2.45. The van der Waals surface area contributed by atoms with Crippen molar-refractivity contribution < 1.29 is 48.1 Å². The fraction of sp³-hybridized carbons (Fsp3) is 0.377. The highest BCUT2D eigenvalue weighted by atomic mass is 16.6. The molecular weight excluding hydrogens is 925 g/mol. The molecule has 2 aromatic heterocycles. The lowest BCUT2D eigenvalue weighted by atomic mass is 9.86. The number of nitrogens with one attached hydrogen (secondary N) is 4. The predicted molar refractivity (Wildman–Crippen MR) is 264 cm³/mol. The molecule has 0 saturated carbocycles. The van der Waals surface area contributed by atoms with Crippen molar-refractivity contribution in [3.8, 4) is 22.5 Å². The number of pyridine rings is 2. The summed E-state index contributed by atoms with van der Waals surface area (Å²) in [5, 5.41) is 22.1. The number of esters is 1. The van der Waals surface area contributed by atoms with Gasteiger partial charge in [0.25, 0.3) is 5.56 Å². The van der Waals surface area contributed by atoms with Gasteiger partial charge in [0.1, 0.15) is 31.3 Å².